The van der Waals surface area contributed by atoms with Crippen LogP contribution in [0.3, 0.4) is 0 Å². The smallest absolute Gasteiger partial charge is 0.256 e. The van der Waals surface area contributed by atoms with Gasteiger partial charge in [0.25, 0.3) is 5.91 Å². The zero-order chi connectivity index (χ0) is 16.0. The highest BCUT2D eigenvalue weighted by Gasteiger charge is 2.16. The van der Waals surface area contributed by atoms with Crippen LogP contribution in [0.5, 0.6) is 0 Å². The number of nitrogens with zero attached hydrogens (tertiary/aromatic N) is 2. The number of aromatic nitrogens is 3. The maximum Gasteiger partial charge on any atom is 0.256 e. The molecule has 0 bridgehead atoms. The number of H-pyrrole nitrogens is 1. The van der Waals surface area contributed by atoms with Gasteiger partial charge in [-0.15, -0.1) is 11.3 Å². The Hall–Kier alpha value is -2.25. The van der Waals surface area contributed by atoms with Crippen LogP contribution in [0.1, 0.15) is 16.1 Å². The minimum Gasteiger partial charge on any atom is -0.304 e. The first-order valence-corrected chi connectivity index (χ1v) is 8.54. The van der Waals surface area contributed by atoms with Crippen LogP contribution in [0.4, 0.5) is 5.82 Å². The predicted octanol–water partition coefficient (Wildman–Crippen LogP) is 4.50. The fourth-order valence-corrected chi connectivity index (χ4v) is 3.76. The molecule has 3 aromatic heterocycles. The summed E-state index contributed by atoms with van der Waals surface area (Å²) >= 11 is 4.88. The molecular weight excluding hydrogens is 376 g/mol. The summed E-state index contributed by atoms with van der Waals surface area (Å²) in [5, 5.41) is 11.1. The van der Waals surface area contributed by atoms with Crippen molar-refractivity contribution in [1.82, 2.24) is 15.2 Å². The fourth-order valence-electron chi connectivity index (χ4n) is 2.38. The summed E-state index contributed by atoms with van der Waals surface area (Å²) in [6.45, 7) is 1.96. The van der Waals surface area contributed by atoms with Crippen molar-refractivity contribution in [2.75, 3.05) is 5.32 Å². The quantitative estimate of drug-likeness (QED) is 0.532. The molecule has 2 N–H and O–H groups in total. The average Bonchev–Trinajstić information content (AvgIpc) is 3.07. The van der Waals surface area contributed by atoms with Gasteiger partial charge in [0.1, 0.15) is 4.83 Å². The first kappa shape index (κ1) is 14.3. The first-order valence-electron chi connectivity index (χ1n) is 6.93. The highest BCUT2D eigenvalue weighted by molar-refractivity contribution is 9.10. The number of hydrogen-bond donors (Lipinski definition) is 2. The second kappa shape index (κ2) is 5.43. The molecule has 1 aromatic carbocycles. The lowest BCUT2D eigenvalue weighted by atomic mass is 10.2. The number of rotatable bonds is 2. The number of aromatic amines is 1. The van der Waals surface area contributed by atoms with Gasteiger partial charge in [0.2, 0.25) is 0 Å². The van der Waals surface area contributed by atoms with Gasteiger partial charge in [0.05, 0.1) is 10.2 Å². The van der Waals surface area contributed by atoms with Gasteiger partial charge in [-0.3, -0.25) is 9.89 Å². The number of hydrogen-bond acceptors (Lipinski definition) is 4. The van der Waals surface area contributed by atoms with Gasteiger partial charge in [-0.05, 0) is 43.3 Å². The monoisotopic (exact) mass is 386 g/mol. The lowest BCUT2D eigenvalue weighted by molar-refractivity contribution is 0.102. The molecule has 0 spiro atoms. The maximum atomic E-state index is 12.3. The number of anilines is 1. The summed E-state index contributed by atoms with van der Waals surface area (Å²) < 4.78 is 1.84. The van der Waals surface area contributed by atoms with Crippen LogP contribution >= 0.6 is 27.3 Å². The molecule has 3 heterocycles. The van der Waals surface area contributed by atoms with E-state index in [2.05, 4.69) is 36.4 Å². The van der Waals surface area contributed by atoms with Gasteiger partial charge in [-0.2, -0.15) is 5.10 Å². The zero-order valence-corrected chi connectivity index (χ0v) is 14.5. The van der Waals surface area contributed by atoms with Crippen LogP contribution in [0, 0.1) is 6.92 Å². The van der Waals surface area contributed by atoms with Crippen molar-refractivity contribution in [2.24, 2.45) is 0 Å². The number of nitrogens with one attached hydrogen (secondary N) is 2. The molecule has 0 aliphatic carbocycles. The number of aryl methyl sites for hydroxylation is 1. The Bertz CT molecular complexity index is 1040. The largest absolute Gasteiger partial charge is 0.304 e. The number of pyridine rings is 1. The zero-order valence-electron chi connectivity index (χ0n) is 12.1. The Morgan fingerprint density at radius 1 is 1.22 bits per heavy atom. The van der Waals surface area contributed by atoms with E-state index < -0.39 is 0 Å². The highest BCUT2D eigenvalue weighted by Crippen LogP contribution is 2.35. The van der Waals surface area contributed by atoms with Crippen molar-refractivity contribution in [3.8, 4) is 0 Å². The van der Waals surface area contributed by atoms with Crippen molar-refractivity contribution in [3.05, 3.63) is 52.1 Å². The molecule has 0 aliphatic heterocycles. The minimum atomic E-state index is -0.188. The summed E-state index contributed by atoms with van der Waals surface area (Å²) in [5.41, 5.74) is 2.46. The second-order valence-electron chi connectivity index (χ2n) is 5.14. The van der Waals surface area contributed by atoms with Crippen LogP contribution < -0.4 is 5.32 Å². The van der Waals surface area contributed by atoms with Crippen molar-refractivity contribution in [1.29, 1.82) is 0 Å². The molecule has 0 fully saturated rings. The summed E-state index contributed by atoms with van der Waals surface area (Å²) in [6, 6.07) is 11.2. The summed E-state index contributed by atoms with van der Waals surface area (Å²) in [5.74, 6) is 0.348. The third-order valence-corrected chi connectivity index (χ3v) is 5.16. The number of fused-ring (bicyclic) bond motifs is 3. The summed E-state index contributed by atoms with van der Waals surface area (Å²) in [6.07, 6.45) is 0. The minimum absolute atomic E-state index is 0.188. The number of halogens is 1. The molecule has 114 valence electrons. The van der Waals surface area contributed by atoms with E-state index >= 15 is 0 Å². The maximum absolute atomic E-state index is 12.3. The van der Waals surface area contributed by atoms with Crippen LogP contribution in [-0.4, -0.2) is 21.1 Å². The number of thiophene rings is 1. The van der Waals surface area contributed by atoms with E-state index in [1.807, 2.05) is 31.2 Å². The van der Waals surface area contributed by atoms with E-state index in [4.69, 9.17) is 0 Å². The van der Waals surface area contributed by atoms with Crippen molar-refractivity contribution in [3.63, 3.8) is 0 Å². The predicted molar refractivity (Wildman–Crippen MR) is 96.1 cm³/mol. The highest BCUT2D eigenvalue weighted by atomic mass is 79.9. The Morgan fingerprint density at radius 3 is 2.78 bits per heavy atom. The average molecular weight is 387 g/mol. The van der Waals surface area contributed by atoms with Crippen LogP contribution in [0.15, 0.2) is 40.9 Å². The normalized spacial score (nSPS) is 11.2. The second-order valence-corrected chi connectivity index (χ2v) is 7.06. The topological polar surface area (TPSA) is 70.7 Å². The van der Waals surface area contributed by atoms with Gasteiger partial charge in [-0.1, -0.05) is 15.9 Å². The molecule has 0 aliphatic rings. The molecule has 0 radical (unpaired) electrons. The van der Waals surface area contributed by atoms with Crippen molar-refractivity contribution >= 4 is 59.4 Å². The van der Waals surface area contributed by atoms with Crippen molar-refractivity contribution in [2.45, 2.75) is 6.92 Å². The summed E-state index contributed by atoms with van der Waals surface area (Å²) in [4.78, 5) is 17.8. The molecule has 4 aromatic rings. The fraction of sp³-hybridized carbons (Fsp3) is 0.0625. The van der Waals surface area contributed by atoms with Gasteiger partial charge in [0, 0.05) is 21.1 Å². The third kappa shape index (κ3) is 2.51. The number of benzene rings is 1. The van der Waals surface area contributed by atoms with Crippen LogP contribution in [0.2, 0.25) is 0 Å². The van der Waals surface area contributed by atoms with Crippen LogP contribution in [-0.2, 0) is 0 Å². The van der Waals surface area contributed by atoms with Gasteiger partial charge < -0.3 is 5.32 Å². The molecule has 7 heteroatoms. The Balaban J connectivity index is 1.73. The lowest BCUT2D eigenvalue weighted by Gasteiger charge is -2.01. The lowest BCUT2D eigenvalue weighted by Crippen LogP contribution is -2.12. The Morgan fingerprint density at radius 2 is 2.00 bits per heavy atom. The number of carbonyl (C=O) groups excluding carboxylic acids is 1. The number of carbonyl (C=O) groups is 1. The molecule has 1 amide bonds. The molecule has 0 unspecified atom stereocenters. The molecule has 0 atom stereocenters. The van der Waals surface area contributed by atoms with E-state index in [-0.39, 0.29) is 5.91 Å². The first-order chi connectivity index (χ1) is 11.1. The van der Waals surface area contributed by atoms with Gasteiger partial charge in [0.15, 0.2) is 5.82 Å². The van der Waals surface area contributed by atoms with Gasteiger partial charge in [-0.25, -0.2) is 4.98 Å². The van der Waals surface area contributed by atoms with E-state index in [1.54, 1.807) is 12.1 Å². The standard InChI is InChI=1S/C16H11BrN4OS/c1-8-2-7-11-12-13(23-16(11)18-8)14(21-20-12)19-15(22)9-3-5-10(17)6-4-9/h2-7H,1H3,(H2,19,20,21,22). The number of amides is 1. The van der Waals surface area contributed by atoms with E-state index in [0.29, 0.717) is 11.4 Å². The Kier molecular flexibility index (Phi) is 3.39. The van der Waals surface area contributed by atoms with Crippen molar-refractivity contribution < 1.29 is 4.79 Å². The Labute approximate surface area is 143 Å². The molecule has 23 heavy (non-hydrogen) atoms. The van der Waals surface area contributed by atoms with E-state index in [1.165, 1.54) is 11.3 Å². The van der Waals surface area contributed by atoms with Gasteiger partial charge >= 0.3 is 0 Å². The molecule has 0 saturated carbocycles. The van der Waals surface area contributed by atoms with Crippen LogP contribution in [0.25, 0.3) is 20.4 Å². The SMILES string of the molecule is Cc1ccc2c(n1)sc1c(NC(=O)c3ccc(Br)cc3)n[nH]c12. The molecule has 4 rings (SSSR count). The van der Waals surface area contributed by atoms with E-state index in [0.717, 1.165) is 30.6 Å². The molecule has 5 nitrogen and oxygen atoms in total. The van der Waals surface area contributed by atoms with E-state index in [9.17, 15) is 4.79 Å². The molecular formula is C16H11BrN4OS. The third-order valence-electron chi connectivity index (χ3n) is 3.53. The summed E-state index contributed by atoms with van der Waals surface area (Å²) in [7, 11) is 0. The molecule has 0 saturated heterocycles.